The van der Waals surface area contributed by atoms with Crippen LogP contribution in [0.4, 0.5) is 5.95 Å². The Morgan fingerprint density at radius 3 is 2.64 bits per heavy atom. The van der Waals surface area contributed by atoms with Gasteiger partial charge in [0.1, 0.15) is 0 Å². The maximum Gasteiger partial charge on any atom is 0.347 e. The number of hydrogen-bond donors (Lipinski definition) is 1. The lowest BCUT2D eigenvalue weighted by atomic mass is 10.2. The van der Waals surface area contributed by atoms with Crippen molar-refractivity contribution >= 4 is 5.95 Å². The average molecular weight is 196 g/mol. The van der Waals surface area contributed by atoms with Crippen molar-refractivity contribution in [3.8, 4) is 0 Å². The second kappa shape index (κ2) is 3.48. The van der Waals surface area contributed by atoms with Gasteiger partial charge in [0.15, 0.2) is 0 Å². The van der Waals surface area contributed by atoms with Crippen molar-refractivity contribution in [2.75, 3.05) is 12.4 Å². The molecule has 1 saturated carbocycles. The molecule has 0 radical (unpaired) electrons. The van der Waals surface area contributed by atoms with Gasteiger partial charge in [0.05, 0.1) is 0 Å². The number of nitrogens with one attached hydrogen (secondary N) is 1. The van der Waals surface area contributed by atoms with E-state index >= 15 is 0 Å². The van der Waals surface area contributed by atoms with Gasteiger partial charge >= 0.3 is 5.69 Å². The first-order valence-corrected chi connectivity index (χ1v) is 5.07. The summed E-state index contributed by atoms with van der Waals surface area (Å²) >= 11 is 0. The van der Waals surface area contributed by atoms with Gasteiger partial charge in [0.2, 0.25) is 5.95 Å². The predicted molar refractivity (Wildman–Crippen MR) is 54.5 cm³/mol. The first kappa shape index (κ1) is 9.30. The molecule has 0 spiro atoms. The Morgan fingerprint density at radius 1 is 1.43 bits per heavy atom. The largest absolute Gasteiger partial charge is 0.357 e. The Hall–Kier alpha value is -1.26. The average Bonchev–Trinajstić information content (AvgIpc) is 2.76. The summed E-state index contributed by atoms with van der Waals surface area (Å²) in [5.41, 5.74) is -0.0127. The van der Waals surface area contributed by atoms with Crippen molar-refractivity contribution in [2.24, 2.45) is 7.05 Å². The highest BCUT2D eigenvalue weighted by Gasteiger charge is 2.22. The van der Waals surface area contributed by atoms with Gasteiger partial charge in [-0.15, -0.1) is 5.10 Å². The molecule has 14 heavy (non-hydrogen) atoms. The van der Waals surface area contributed by atoms with E-state index in [1.807, 2.05) is 0 Å². The predicted octanol–water partition coefficient (Wildman–Crippen LogP) is 0.739. The van der Waals surface area contributed by atoms with Crippen molar-refractivity contribution in [2.45, 2.75) is 31.7 Å². The van der Waals surface area contributed by atoms with Crippen LogP contribution in [0.3, 0.4) is 0 Å². The molecule has 1 aliphatic carbocycles. The number of aryl methyl sites for hydroxylation is 1. The van der Waals surface area contributed by atoms with Crippen molar-refractivity contribution in [1.82, 2.24) is 14.3 Å². The maximum atomic E-state index is 11.8. The van der Waals surface area contributed by atoms with Gasteiger partial charge in [0, 0.05) is 20.1 Å². The van der Waals surface area contributed by atoms with Crippen molar-refractivity contribution in [1.29, 1.82) is 0 Å². The van der Waals surface area contributed by atoms with Gasteiger partial charge in [-0.3, -0.25) is 4.57 Å². The lowest BCUT2D eigenvalue weighted by molar-refractivity contribution is 0.501. The molecular weight excluding hydrogens is 180 g/mol. The van der Waals surface area contributed by atoms with E-state index in [4.69, 9.17) is 0 Å². The van der Waals surface area contributed by atoms with Gasteiger partial charge in [-0.25, -0.2) is 9.48 Å². The van der Waals surface area contributed by atoms with Crippen LogP contribution in [-0.2, 0) is 7.05 Å². The highest BCUT2D eigenvalue weighted by atomic mass is 16.2. The van der Waals surface area contributed by atoms with Gasteiger partial charge in [-0.2, -0.15) is 0 Å². The SMILES string of the molecule is CNc1nn(C)c(=O)n1C1CCCC1. The fraction of sp³-hybridized carbons (Fsp3) is 0.778. The lowest BCUT2D eigenvalue weighted by Gasteiger charge is -2.11. The molecule has 5 heteroatoms. The molecular formula is C9H16N4O. The minimum atomic E-state index is -0.0127. The molecule has 0 unspecified atom stereocenters. The lowest BCUT2D eigenvalue weighted by Crippen LogP contribution is -2.25. The van der Waals surface area contributed by atoms with Crippen LogP contribution >= 0.6 is 0 Å². The van der Waals surface area contributed by atoms with Crippen molar-refractivity contribution < 1.29 is 0 Å². The number of aromatic nitrogens is 3. The molecule has 5 nitrogen and oxygen atoms in total. The minimum Gasteiger partial charge on any atom is -0.357 e. The van der Waals surface area contributed by atoms with E-state index in [1.165, 1.54) is 17.5 Å². The van der Waals surface area contributed by atoms with E-state index in [-0.39, 0.29) is 5.69 Å². The summed E-state index contributed by atoms with van der Waals surface area (Å²) in [5, 5.41) is 7.09. The molecule has 0 bridgehead atoms. The number of anilines is 1. The third kappa shape index (κ3) is 1.32. The summed E-state index contributed by atoms with van der Waals surface area (Å²) in [5.74, 6) is 0.685. The zero-order chi connectivity index (χ0) is 10.1. The van der Waals surface area contributed by atoms with Crippen molar-refractivity contribution in [3.05, 3.63) is 10.5 Å². The summed E-state index contributed by atoms with van der Waals surface area (Å²) in [6.07, 6.45) is 4.63. The minimum absolute atomic E-state index is 0.0127. The second-order valence-corrected chi connectivity index (χ2v) is 3.79. The van der Waals surface area contributed by atoms with Crippen LogP contribution in [-0.4, -0.2) is 21.4 Å². The molecule has 2 rings (SSSR count). The van der Waals surface area contributed by atoms with Gasteiger partial charge in [-0.05, 0) is 12.8 Å². The van der Waals surface area contributed by atoms with Crippen LogP contribution < -0.4 is 11.0 Å². The molecule has 0 aliphatic heterocycles. The summed E-state index contributed by atoms with van der Waals surface area (Å²) in [6.45, 7) is 0. The Morgan fingerprint density at radius 2 is 2.07 bits per heavy atom. The molecule has 1 N–H and O–H groups in total. The fourth-order valence-corrected chi connectivity index (χ4v) is 2.14. The molecule has 0 atom stereocenters. The van der Waals surface area contributed by atoms with Crippen LogP contribution in [0.5, 0.6) is 0 Å². The zero-order valence-corrected chi connectivity index (χ0v) is 8.66. The highest BCUT2D eigenvalue weighted by Crippen LogP contribution is 2.29. The van der Waals surface area contributed by atoms with E-state index in [0.717, 1.165) is 12.8 Å². The number of nitrogens with zero attached hydrogens (tertiary/aromatic N) is 3. The summed E-state index contributed by atoms with van der Waals surface area (Å²) in [7, 11) is 3.49. The van der Waals surface area contributed by atoms with Crippen molar-refractivity contribution in [3.63, 3.8) is 0 Å². The Balaban J connectivity index is 2.43. The quantitative estimate of drug-likeness (QED) is 0.759. The standard InChI is InChI=1S/C9H16N4O/c1-10-8-11-12(2)9(14)13(8)7-5-3-4-6-7/h7H,3-6H2,1-2H3,(H,10,11). The molecule has 0 amide bonds. The Bertz CT molecular complexity index is 373. The molecule has 1 fully saturated rings. The van der Waals surface area contributed by atoms with E-state index in [0.29, 0.717) is 12.0 Å². The normalized spacial score (nSPS) is 17.6. The van der Waals surface area contributed by atoms with Gasteiger partial charge < -0.3 is 5.32 Å². The van der Waals surface area contributed by atoms with Crippen LogP contribution in [0.25, 0.3) is 0 Å². The Kier molecular flexibility index (Phi) is 2.31. The topological polar surface area (TPSA) is 51.9 Å². The monoisotopic (exact) mass is 196 g/mol. The molecule has 1 aromatic heterocycles. The van der Waals surface area contributed by atoms with Crippen LogP contribution in [0, 0.1) is 0 Å². The maximum absolute atomic E-state index is 11.8. The Labute approximate surface area is 82.7 Å². The van der Waals surface area contributed by atoms with Gasteiger partial charge in [0.25, 0.3) is 0 Å². The molecule has 1 aliphatic rings. The third-order valence-electron chi connectivity index (χ3n) is 2.87. The van der Waals surface area contributed by atoms with E-state index in [2.05, 4.69) is 10.4 Å². The second-order valence-electron chi connectivity index (χ2n) is 3.79. The number of rotatable bonds is 2. The summed E-state index contributed by atoms with van der Waals surface area (Å²) in [6, 6.07) is 0.346. The molecule has 1 heterocycles. The summed E-state index contributed by atoms with van der Waals surface area (Å²) < 4.78 is 3.18. The van der Waals surface area contributed by atoms with E-state index in [9.17, 15) is 4.79 Å². The summed E-state index contributed by atoms with van der Waals surface area (Å²) in [4.78, 5) is 11.8. The molecule has 0 aromatic carbocycles. The zero-order valence-electron chi connectivity index (χ0n) is 8.66. The molecule has 1 aromatic rings. The van der Waals surface area contributed by atoms with Crippen LogP contribution in [0.1, 0.15) is 31.7 Å². The van der Waals surface area contributed by atoms with Crippen LogP contribution in [0.15, 0.2) is 4.79 Å². The molecule has 78 valence electrons. The van der Waals surface area contributed by atoms with Gasteiger partial charge in [-0.1, -0.05) is 12.8 Å². The van der Waals surface area contributed by atoms with E-state index in [1.54, 1.807) is 18.7 Å². The highest BCUT2D eigenvalue weighted by molar-refractivity contribution is 5.23. The molecule has 0 saturated heterocycles. The first-order chi connectivity index (χ1) is 6.74. The first-order valence-electron chi connectivity index (χ1n) is 5.07. The number of hydrogen-bond acceptors (Lipinski definition) is 3. The third-order valence-corrected chi connectivity index (χ3v) is 2.87. The fourth-order valence-electron chi connectivity index (χ4n) is 2.14. The smallest absolute Gasteiger partial charge is 0.347 e. The van der Waals surface area contributed by atoms with Crippen LogP contribution in [0.2, 0.25) is 0 Å². The van der Waals surface area contributed by atoms with E-state index < -0.39 is 0 Å².